The third kappa shape index (κ3) is 5.83. The second-order valence-corrected chi connectivity index (χ2v) is 5.14. The molecule has 122 valence electrons. The molecule has 1 aromatic rings. The molecular weight excluding hydrogens is 280 g/mol. The Kier molecular flexibility index (Phi) is 7.56. The van der Waals surface area contributed by atoms with Crippen molar-refractivity contribution in [3.05, 3.63) is 29.8 Å². The van der Waals surface area contributed by atoms with Gasteiger partial charge in [-0.15, -0.1) is 0 Å². The minimum absolute atomic E-state index is 0.149. The lowest BCUT2D eigenvalue weighted by atomic mass is 10.2. The first-order valence-electron chi connectivity index (χ1n) is 7.65. The minimum Gasteiger partial charge on any atom is -0.351 e. The number of nitrogens with one attached hydrogen (secondary N) is 2. The average Bonchev–Trinajstić information content (AvgIpc) is 2.51. The van der Waals surface area contributed by atoms with Crippen molar-refractivity contribution in [3.63, 3.8) is 0 Å². The summed E-state index contributed by atoms with van der Waals surface area (Å²) in [4.78, 5) is 25.9. The predicted molar refractivity (Wildman–Crippen MR) is 88.8 cm³/mol. The molecule has 1 rings (SSSR count). The van der Waals surface area contributed by atoms with Crippen molar-refractivity contribution < 1.29 is 9.59 Å². The van der Waals surface area contributed by atoms with Gasteiger partial charge in [0.15, 0.2) is 0 Å². The van der Waals surface area contributed by atoms with Gasteiger partial charge in [-0.1, -0.05) is 19.9 Å². The van der Waals surface area contributed by atoms with Crippen molar-refractivity contribution in [2.24, 2.45) is 5.73 Å². The summed E-state index contributed by atoms with van der Waals surface area (Å²) in [6.45, 7) is 9.14. The van der Waals surface area contributed by atoms with Crippen LogP contribution in [0.5, 0.6) is 0 Å². The highest BCUT2D eigenvalue weighted by atomic mass is 16.2. The van der Waals surface area contributed by atoms with Crippen molar-refractivity contribution in [2.45, 2.75) is 26.8 Å². The maximum Gasteiger partial charge on any atom is 0.251 e. The normalized spacial score (nSPS) is 12.0. The third-order valence-electron chi connectivity index (χ3n) is 3.41. The van der Waals surface area contributed by atoms with Crippen molar-refractivity contribution >= 4 is 17.5 Å². The highest BCUT2D eigenvalue weighted by Crippen LogP contribution is 2.10. The van der Waals surface area contributed by atoms with Crippen LogP contribution in [0.4, 0.5) is 5.69 Å². The molecule has 0 saturated carbocycles. The molecule has 6 nitrogen and oxygen atoms in total. The maximum absolute atomic E-state index is 12.1. The SMILES string of the molecule is CCN(CC)CCNC(=O)c1cccc(NC(=O)C(C)N)c1. The number of hydrogen-bond donors (Lipinski definition) is 3. The van der Waals surface area contributed by atoms with Crippen LogP contribution in [0, 0.1) is 0 Å². The Hall–Kier alpha value is -1.92. The molecule has 0 aliphatic carbocycles. The molecule has 0 heterocycles. The summed E-state index contributed by atoms with van der Waals surface area (Å²) in [5.41, 5.74) is 6.59. The standard InChI is InChI=1S/C16H26N4O2/c1-4-20(5-2)10-9-18-16(22)13-7-6-8-14(11-13)19-15(21)12(3)17/h6-8,11-12H,4-5,9-10,17H2,1-3H3,(H,18,22)(H,19,21). The number of carbonyl (C=O) groups excluding carboxylic acids is 2. The Bertz CT molecular complexity index is 499. The Labute approximate surface area is 132 Å². The highest BCUT2D eigenvalue weighted by Gasteiger charge is 2.10. The topological polar surface area (TPSA) is 87.5 Å². The molecule has 0 radical (unpaired) electrons. The Balaban J connectivity index is 2.57. The number of amides is 2. The van der Waals surface area contributed by atoms with E-state index in [1.54, 1.807) is 31.2 Å². The van der Waals surface area contributed by atoms with Crippen LogP contribution in [0.3, 0.4) is 0 Å². The highest BCUT2D eigenvalue weighted by molar-refractivity contribution is 5.98. The lowest BCUT2D eigenvalue weighted by Crippen LogP contribution is -2.35. The van der Waals surface area contributed by atoms with Crippen molar-refractivity contribution in [1.29, 1.82) is 0 Å². The van der Waals surface area contributed by atoms with Crippen LogP contribution in [-0.2, 0) is 4.79 Å². The average molecular weight is 306 g/mol. The zero-order valence-corrected chi connectivity index (χ0v) is 13.6. The number of benzene rings is 1. The van der Waals surface area contributed by atoms with Gasteiger partial charge in [-0.05, 0) is 38.2 Å². The molecule has 6 heteroatoms. The second-order valence-electron chi connectivity index (χ2n) is 5.14. The number of hydrogen-bond acceptors (Lipinski definition) is 4. The quantitative estimate of drug-likeness (QED) is 0.670. The summed E-state index contributed by atoms with van der Waals surface area (Å²) < 4.78 is 0. The zero-order chi connectivity index (χ0) is 16.5. The molecule has 22 heavy (non-hydrogen) atoms. The summed E-state index contributed by atoms with van der Waals surface area (Å²) in [5.74, 6) is -0.428. The molecule has 0 spiro atoms. The van der Waals surface area contributed by atoms with E-state index < -0.39 is 6.04 Å². The largest absolute Gasteiger partial charge is 0.351 e. The Morgan fingerprint density at radius 3 is 2.55 bits per heavy atom. The summed E-state index contributed by atoms with van der Waals surface area (Å²) in [6.07, 6.45) is 0. The first kappa shape index (κ1) is 18.1. The lowest BCUT2D eigenvalue weighted by molar-refractivity contribution is -0.117. The number of nitrogens with zero attached hydrogens (tertiary/aromatic N) is 1. The van der Waals surface area contributed by atoms with Gasteiger partial charge < -0.3 is 21.3 Å². The van der Waals surface area contributed by atoms with Crippen LogP contribution < -0.4 is 16.4 Å². The van der Waals surface area contributed by atoms with Crippen LogP contribution in [0.15, 0.2) is 24.3 Å². The number of likely N-dealkylation sites (N-methyl/N-ethyl adjacent to an activating group) is 1. The monoisotopic (exact) mass is 306 g/mol. The lowest BCUT2D eigenvalue weighted by Gasteiger charge is -2.18. The fourth-order valence-electron chi connectivity index (χ4n) is 1.96. The Morgan fingerprint density at radius 2 is 1.95 bits per heavy atom. The number of rotatable bonds is 8. The number of nitrogens with two attached hydrogens (primary N) is 1. The van der Waals surface area contributed by atoms with Crippen molar-refractivity contribution in [1.82, 2.24) is 10.2 Å². The Morgan fingerprint density at radius 1 is 1.27 bits per heavy atom. The van der Waals surface area contributed by atoms with Crippen LogP contribution in [0.2, 0.25) is 0 Å². The molecule has 0 bridgehead atoms. The van der Waals surface area contributed by atoms with Gasteiger partial charge in [0.25, 0.3) is 5.91 Å². The predicted octanol–water partition coefficient (Wildman–Crippen LogP) is 1.04. The van der Waals surface area contributed by atoms with E-state index in [0.29, 0.717) is 17.8 Å². The van der Waals surface area contributed by atoms with Gasteiger partial charge in [-0.3, -0.25) is 9.59 Å². The first-order chi connectivity index (χ1) is 10.5. The van der Waals surface area contributed by atoms with Crippen LogP contribution >= 0.6 is 0 Å². The molecule has 1 unspecified atom stereocenters. The molecule has 0 aliphatic rings. The maximum atomic E-state index is 12.1. The molecular formula is C16H26N4O2. The van der Waals surface area contributed by atoms with Crippen LogP contribution in [-0.4, -0.2) is 48.9 Å². The van der Waals surface area contributed by atoms with E-state index in [4.69, 9.17) is 5.73 Å². The summed E-state index contributed by atoms with van der Waals surface area (Å²) in [6, 6.07) is 6.23. The second kappa shape index (κ2) is 9.17. The van der Waals surface area contributed by atoms with E-state index in [2.05, 4.69) is 29.4 Å². The fraction of sp³-hybridized carbons (Fsp3) is 0.500. The molecule has 0 aliphatic heterocycles. The first-order valence-corrected chi connectivity index (χ1v) is 7.65. The molecule has 2 amide bonds. The van der Waals surface area contributed by atoms with Crippen molar-refractivity contribution in [3.8, 4) is 0 Å². The van der Waals surface area contributed by atoms with E-state index in [9.17, 15) is 9.59 Å². The van der Waals surface area contributed by atoms with Gasteiger partial charge in [0, 0.05) is 24.3 Å². The molecule has 0 saturated heterocycles. The van der Waals surface area contributed by atoms with Crippen LogP contribution in [0.1, 0.15) is 31.1 Å². The zero-order valence-electron chi connectivity index (χ0n) is 13.6. The third-order valence-corrected chi connectivity index (χ3v) is 3.41. The molecule has 1 atom stereocenters. The summed E-state index contributed by atoms with van der Waals surface area (Å²) >= 11 is 0. The molecule has 0 aromatic heterocycles. The van der Waals surface area contributed by atoms with E-state index >= 15 is 0 Å². The number of anilines is 1. The van der Waals surface area contributed by atoms with Gasteiger partial charge in [0.05, 0.1) is 6.04 Å². The summed E-state index contributed by atoms with van der Waals surface area (Å²) in [7, 11) is 0. The van der Waals surface area contributed by atoms with Gasteiger partial charge in [-0.2, -0.15) is 0 Å². The molecule has 1 aromatic carbocycles. The molecule has 4 N–H and O–H groups in total. The van der Waals surface area contributed by atoms with E-state index in [1.165, 1.54) is 0 Å². The van der Waals surface area contributed by atoms with E-state index in [0.717, 1.165) is 19.6 Å². The molecule has 0 fully saturated rings. The minimum atomic E-state index is -0.591. The smallest absolute Gasteiger partial charge is 0.251 e. The summed E-state index contributed by atoms with van der Waals surface area (Å²) in [5, 5.41) is 5.56. The van der Waals surface area contributed by atoms with Crippen molar-refractivity contribution in [2.75, 3.05) is 31.5 Å². The van der Waals surface area contributed by atoms with Gasteiger partial charge in [-0.25, -0.2) is 0 Å². The van der Waals surface area contributed by atoms with Crippen LogP contribution in [0.25, 0.3) is 0 Å². The van der Waals surface area contributed by atoms with Gasteiger partial charge in [0.2, 0.25) is 5.91 Å². The van der Waals surface area contributed by atoms with E-state index in [-0.39, 0.29) is 11.8 Å². The number of carbonyl (C=O) groups is 2. The van der Waals surface area contributed by atoms with Gasteiger partial charge in [0.1, 0.15) is 0 Å². The fourth-order valence-corrected chi connectivity index (χ4v) is 1.96. The van der Waals surface area contributed by atoms with E-state index in [1.807, 2.05) is 0 Å². The van der Waals surface area contributed by atoms with Gasteiger partial charge >= 0.3 is 0 Å².